The lowest BCUT2D eigenvalue weighted by Crippen LogP contribution is -2.42. The van der Waals surface area contributed by atoms with E-state index in [1.54, 1.807) is 20.8 Å². The number of amides is 1. The van der Waals surface area contributed by atoms with Crippen LogP contribution in [0.1, 0.15) is 20.8 Å². The van der Waals surface area contributed by atoms with Gasteiger partial charge in [-0.3, -0.25) is 0 Å². The van der Waals surface area contributed by atoms with Crippen molar-refractivity contribution >= 4 is 6.09 Å². The second-order valence-electron chi connectivity index (χ2n) is 5.02. The van der Waals surface area contributed by atoms with Crippen molar-refractivity contribution in [2.75, 3.05) is 6.61 Å². The van der Waals surface area contributed by atoms with Crippen LogP contribution in [0.15, 0.2) is 0 Å². The summed E-state index contributed by atoms with van der Waals surface area (Å²) < 4.78 is 9.63. The molecule has 0 aromatic rings. The van der Waals surface area contributed by atoms with Crippen molar-refractivity contribution in [1.82, 2.24) is 5.32 Å². The molecule has 1 amide bonds. The largest absolute Gasteiger partial charge is 0.447 e. The van der Waals surface area contributed by atoms with Crippen LogP contribution < -0.4 is 5.32 Å². The number of aliphatic hydroxyl groups excluding tert-OH is 3. The van der Waals surface area contributed by atoms with Gasteiger partial charge in [0, 0.05) is 5.54 Å². The fraction of sp³-hybridized carbons (Fsp3) is 0.900. The number of carbonyl (C=O) groups is 1. The van der Waals surface area contributed by atoms with E-state index in [0.29, 0.717) is 0 Å². The fourth-order valence-electron chi connectivity index (χ4n) is 1.37. The van der Waals surface area contributed by atoms with Crippen LogP contribution in [-0.4, -0.2) is 58.2 Å². The summed E-state index contributed by atoms with van der Waals surface area (Å²) in [5.41, 5.74) is -0.425. The van der Waals surface area contributed by atoms with Crippen molar-refractivity contribution in [1.29, 1.82) is 0 Å². The summed E-state index contributed by atoms with van der Waals surface area (Å²) in [6.45, 7) is 5.14. The van der Waals surface area contributed by atoms with Crippen LogP contribution >= 0.6 is 0 Å². The van der Waals surface area contributed by atoms with Crippen LogP contribution in [0.25, 0.3) is 0 Å². The first-order valence-corrected chi connectivity index (χ1v) is 5.35. The van der Waals surface area contributed by atoms with Crippen LogP contribution in [0.5, 0.6) is 0 Å². The summed E-state index contributed by atoms with van der Waals surface area (Å²) in [4.78, 5) is 11.3. The number of nitrogens with one attached hydrogen (secondary N) is 1. The van der Waals surface area contributed by atoms with Crippen molar-refractivity contribution in [2.24, 2.45) is 0 Å². The van der Waals surface area contributed by atoms with Crippen molar-refractivity contribution in [3.63, 3.8) is 0 Å². The van der Waals surface area contributed by atoms with Gasteiger partial charge in [0.25, 0.3) is 0 Å². The molecule has 1 rings (SSSR count). The Balaban J connectivity index is 2.34. The maximum atomic E-state index is 11.3. The van der Waals surface area contributed by atoms with E-state index >= 15 is 0 Å². The maximum absolute atomic E-state index is 11.3. The van der Waals surface area contributed by atoms with Crippen LogP contribution in [0.2, 0.25) is 0 Å². The summed E-state index contributed by atoms with van der Waals surface area (Å²) in [6, 6.07) is 0. The Labute approximate surface area is 99.3 Å². The highest BCUT2D eigenvalue weighted by Crippen LogP contribution is 2.19. The topological polar surface area (TPSA) is 108 Å². The molecule has 1 heterocycles. The Kier molecular flexibility index (Phi) is 4.31. The molecule has 0 radical (unpaired) electrons. The van der Waals surface area contributed by atoms with Crippen LogP contribution in [0, 0.1) is 0 Å². The minimum atomic E-state index is -1.45. The summed E-state index contributed by atoms with van der Waals surface area (Å²) >= 11 is 0. The third kappa shape index (κ3) is 4.12. The highest BCUT2D eigenvalue weighted by molar-refractivity contribution is 5.68. The van der Waals surface area contributed by atoms with Gasteiger partial charge in [0.15, 0.2) is 6.29 Å². The molecule has 0 aromatic carbocycles. The minimum Gasteiger partial charge on any atom is -0.447 e. The first-order valence-electron chi connectivity index (χ1n) is 5.35. The highest BCUT2D eigenvalue weighted by Gasteiger charge is 2.42. The van der Waals surface area contributed by atoms with Crippen LogP contribution in [0.4, 0.5) is 4.79 Å². The molecule has 1 fully saturated rings. The van der Waals surface area contributed by atoms with Crippen molar-refractivity contribution in [3.8, 4) is 0 Å². The van der Waals surface area contributed by atoms with Crippen molar-refractivity contribution in [3.05, 3.63) is 0 Å². The third-order valence-electron chi connectivity index (χ3n) is 2.19. The monoisotopic (exact) mass is 249 g/mol. The van der Waals surface area contributed by atoms with E-state index in [9.17, 15) is 15.0 Å². The number of hydrogen-bond donors (Lipinski definition) is 4. The second-order valence-corrected chi connectivity index (χ2v) is 5.02. The van der Waals surface area contributed by atoms with Crippen LogP contribution in [0.3, 0.4) is 0 Å². The Morgan fingerprint density at radius 3 is 2.29 bits per heavy atom. The molecule has 4 N–H and O–H groups in total. The van der Waals surface area contributed by atoms with E-state index in [0.717, 1.165) is 0 Å². The predicted octanol–water partition coefficient (Wildman–Crippen LogP) is -1.05. The van der Waals surface area contributed by atoms with E-state index in [-0.39, 0.29) is 6.61 Å². The zero-order chi connectivity index (χ0) is 13.2. The summed E-state index contributed by atoms with van der Waals surface area (Å²) in [5.74, 6) is 0. The van der Waals surface area contributed by atoms with Gasteiger partial charge in [-0.2, -0.15) is 0 Å². The first kappa shape index (κ1) is 14.2. The summed E-state index contributed by atoms with van der Waals surface area (Å²) in [6.07, 6.45) is -5.68. The van der Waals surface area contributed by atoms with Gasteiger partial charge in [-0.05, 0) is 20.8 Å². The minimum absolute atomic E-state index is 0.239. The Hall–Kier alpha value is -0.890. The molecule has 1 aliphatic heterocycles. The molecule has 17 heavy (non-hydrogen) atoms. The second kappa shape index (κ2) is 5.18. The summed E-state index contributed by atoms with van der Waals surface area (Å²) in [7, 11) is 0. The molecule has 7 heteroatoms. The van der Waals surface area contributed by atoms with Crippen molar-refractivity contribution < 1.29 is 29.6 Å². The molecule has 1 saturated heterocycles. The van der Waals surface area contributed by atoms with E-state index in [1.807, 2.05) is 0 Å². The number of carbonyl (C=O) groups excluding carboxylic acids is 1. The average molecular weight is 249 g/mol. The van der Waals surface area contributed by atoms with Gasteiger partial charge in [-0.1, -0.05) is 0 Å². The number of hydrogen-bond acceptors (Lipinski definition) is 6. The molecule has 7 nitrogen and oxygen atoms in total. The molecule has 0 spiro atoms. The molecule has 4 atom stereocenters. The van der Waals surface area contributed by atoms with Gasteiger partial charge in [-0.15, -0.1) is 0 Å². The smallest absolute Gasteiger partial charge is 0.407 e. The van der Waals surface area contributed by atoms with E-state index in [1.165, 1.54) is 0 Å². The fourth-order valence-corrected chi connectivity index (χ4v) is 1.37. The quantitative estimate of drug-likeness (QED) is 0.497. The normalized spacial score (nSPS) is 33.5. The standard InChI is InChI=1S/C10H19NO6/c1-10(2,3)11-9(15)16-4-5-6(12)7(13)8(14)17-5/h5-8,12-14H,4H2,1-3H3,(H,11,15)/t5-,6-,7-,8?/m1/s1. The molecule has 100 valence electrons. The summed E-state index contributed by atoms with van der Waals surface area (Å²) in [5, 5.41) is 30.3. The Morgan fingerprint density at radius 1 is 1.29 bits per heavy atom. The third-order valence-corrected chi connectivity index (χ3v) is 2.19. The number of aliphatic hydroxyl groups is 3. The molecular formula is C10H19NO6. The van der Waals surface area contributed by atoms with Gasteiger partial charge in [0.2, 0.25) is 0 Å². The van der Waals surface area contributed by atoms with Gasteiger partial charge in [-0.25, -0.2) is 4.79 Å². The lowest BCUT2D eigenvalue weighted by atomic mass is 10.1. The number of ether oxygens (including phenoxy) is 2. The lowest BCUT2D eigenvalue weighted by molar-refractivity contribution is -0.133. The van der Waals surface area contributed by atoms with E-state index < -0.39 is 36.2 Å². The molecule has 0 saturated carbocycles. The molecule has 1 aliphatic rings. The molecule has 1 unspecified atom stereocenters. The average Bonchev–Trinajstić information content (AvgIpc) is 2.40. The molecule has 0 aromatic heterocycles. The Morgan fingerprint density at radius 2 is 1.88 bits per heavy atom. The number of alkyl carbamates (subject to hydrolysis) is 1. The van der Waals surface area contributed by atoms with Crippen LogP contribution in [-0.2, 0) is 9.47 Å². The maximum Gasteiger partial charge on any atom is 0.407 e. The molecule has 0 bridgehead atoms. The SMILES string of the molecule is CC(C)(C)NC(=O)OC[C@H]1OC(O)[C@H](O)[C@@H]1O. The van der Waals surface area contributed by atoms with Gasteiger partial charge in [0.1, 0.15) is 24.9 Å². The van der Waals surface area contributed by atoms with Gasteiger partial charge < -0.3 is 30.1 Å². The van der Waals surface area contributed by atoms with Crippen molar-refractivity contribution in [2.45, 2.75) is 50.9 Å². The predicted molar refractivity (Wildman–Crippen MR) is 57.1 cm³/mol. The van der Waals surface area contributed by atoms with E-state index in [4.69, 9.17) is 14.6 Å². The lowest BCUT2D eigenvalue weighted by Gasteiger charge is -2.21. The highest BCUT2D eigenvalue weighted by atomic mass is 16.7. The molecule has 0 aliphatic carbocycles. The van der Waals surface area contributed by atoms with E-state index in [2.05, 4.69) is 5.32 Å². The molecular weight excluding hydrogens is 230 g/mol. The zero-order valence-corrected chi connectivity index (χ0v) is 10.1. The zero-order valence-electron chi connectivity index (χ0n) is 10.1. The van der Waals surface area contributed by atoms with Gasteiger partial charge >= 0.3 is 6.09 Å². The Bertz CT molecular complexity index is 276. The van der Waals surface area contributed by atoms with Gasteiger partial charge in [0.05, 0.1) is 0 Å². The number of rotatable bonds is 2. The first-order chi connectivity index (χ1) is 7.70.